The van der Waals surface area contributed by atoms with Gasteiger partial charge in [0.05, 0.1) is 0 Å². The molecule has 0 aromatic heterocycles. The minimum absolute atomic E-state index is 0.0190. The SMILES string of the molecule is C=CC1CCC(C2CCC(c3ccc(-c4cc(F)c(C=CC(F)(F)F)c(F)c4)c(F)c3)CC2)CC1. The summed E-state index contributed by atoms with van der Waals surface area (Å²) in [5, 5.41) is 0. The van der Waals surface area contributed by atoms with E-state index in [-0.39, 0.29) is 23.1 Å². The van der Waals surface area contributed by atoms with Crippen molar-refractivity contribution in [1.29, 1.82) is 0 Å². The normalized spacial score (nSPS) is 25.7. The maximum Gasteiger partial charge on any atom is 0.409 e. The summed E-state index contributed by atoms with van der Waals surface area (Å²) in [4.78, 5) is 0. The van der Waals surface area contributed by atoms with Gasteiger partial charge in [-0.25, -0.2) is 13.2 Å². The molecular weight excluding hydrogens is 462 g/mol. The van der Waals surface area contributed by atoms with Crippen molar-refractivity contribution in [3.63, 3.8) is 0 Å². The highest BCUT2D eigenvalue weighted by molar-refractivity contribution is 5.67. The maximum absolute atomic E-state index is 15.0. The zero-order valence-electron chi connectivity index (χ0n) is 19.6. The summed E-state index contributed by atoms with van der Waals surface area (Å²) in [6.07, 6.45) is 6.70. The third kappa shape index (κ3) is 6.20. The first kappa shape index (κ1) is 25.6. The fourth-order valence-corrected chi connectivity index (χ4v) is 5.87. The molecule has 0 spiro atoms. The topological polar surface area (TPSA) is 0 Å². The molecule has 2 aliphatic rings. The van der Waals surface area contributed by atoms with E-state index in [1.54, 1.807) is 6.07 Å². The standard InChI is InChI=1S/C29H30F6/c1-2-18-3-5-19(6-4-18)20-7-9-21(10-8-20)22-11-12-24(26(30)15-22)23-16-27(31)25(28(32)17-23)13-14-29(33,34)35/h2,11-21H,1,3-10H2. The van der Waals surface area contributed by atoms with Crippen molar-refractivity contribution in [2.24, 2.45) is 17.8 Å². The van der Waals surface area contributed by atoms with Gasteiger partial charge in [0.25, 0.3) is 0 Å². The van der Waals surface area contributed by atoms with Gasteiger partial charge in [-0.3, -0.25) is 0 Å². The van der Waals surface area contributed by atoms with Crippen LogP contribution in [0.3, 0.4) is 0 Å². The van der Waals surface area contributed by atoms with Crippen molar-refractivity contribution in [2.45, 2.75) is 63.5 Å². The zero-order valence-corrected chi connectivity index (χ0v) is 19.6. The molecule has 0 unspecified atom stereocenters. The molecule has 2 fully saturated rings. The van der Waals surface area contributed by atoms with Gasteiger partial charge in [0.1, 0.15) is 17.5 Å². The third-order valence-corrected chi connectivity index (χ3v) is 7.88. The number of halogens is 6. The molecule has 0 aliphatic heterocycles. The van der Waals surface area contributed by atoms with Crippen LogP contribution in [0, 0.1) is 35.2 Å². The molecule has 0 radical (unpaired) electrons. The first-order valence-corrected chi connectivity index (χ1v) is 12.3. The lowest BCUT2D eigenvalue weighted by atomic mass is 9.68. The summed E-state index contributed by atoms with van der Waals surface area (Å²) in [7, 11) is 0. The van der Waals surface area contributed by atoms with Gasteiger partial charge in [-0.2, -0.15) is 13.2 Å². The summed E-state index contributed by atoms with van der Waals surface area (Å²) >= 11 is 0. The average molecular weight is 493 g/mol. The number of allylic oxidation sites excluding steroid dienone is 2. The van der Waals surface area contributed by atoms with Crippen LogP contribution in [0.15, 0.2) is 49.1 Å². The van der Waals surface area contributed by atoms with Crippen molar-refractivity contribution < 1.29 is 26.3 Å². The minimum atomic E-state index is -4.69. The van der Waals surface area contributed by atoms with Gasteiger partial charge in [-0.15, -0.1) is 6.58 Å². The molecule has 0 saturated heterocycles. The number of benzene rings is 2. The van der Waals surface area contributed by atoms with Gasteiger partial charge in [-0.05, 0) is 110 Å². The molecule has 2 aromatic carbocycles. The molecule has 0 atom stereocenters. The van der Waals surface area contributed by atoms with Crippen molar-refractivity contribution in [3.05, 3.63) is 77.6 Å². The summed E-state index contributed by atoms with van der Waals surface area (Å²) in [6.45, 7) is 3.92. The lowest BCUT2D eigenvalue weighted by Crippen LogP contribution is -2.25. The lowest BCUT2D eigenvalue weighted by Gasteiger charge is -2.37. The molecular formula is C29H30F6. The van der Waals surface area contributed by atoms with E-state index in [0.29, 0.717) is 12.0 Å². The van der Waals surface area contributed by atoms with Crippen LogP contribution < -0.4 is 0 Å². The molecule has 0 amide bonds. The fraction of sp³-hybridized carbons (Fsp3) is 0.448. The molecule has 4 rings (SSSR count). The molecule has 0 nitrogen and oxygen atoms in total. The van der Waals surface area contributed by atoms with Crippen LogP contribution in [0.4, 0.5) is 26.3 Å². The Kier molecular flexibility index (Phi) is 7.77. The van der Waals surface area contributed by atoms with E-state index in [9.17, 15) is 26.3 Å². The molecule has 2 saturated carbocycles. The van der Waals surface area contributed by atoms with Gasteiger partial charge in [-0.1, -0.05) is 18.2 Å². The zero-order chi connectivity index (χ0) is 25.2. The molecule has 188 valence electrons. The summed E-state index contributed by atoms with van der Waals surface area (Å²) in [5.74, 6) is -0.554. The summed E-state index contributed by atoms with van der Waals surface area (Å²) < 4.78 is 80.7. The van der Waals surface area contributed by atoms with E-state index in [2.05, 4.69) is 12.7 Å². The van der Waals surface area contributed by atoms with Gasteiger partial charge in [0.2, 0.25) is 0 Å². The number of alkyl halides is 3. The second-order valence-corrected chi connectivity index (χ2v) is 9.99. The Bertz CT molecular complexity index is 1040. The van der Waals surface area contributed by atoms with E-state index in [0.717, 1.165) is 55.2 Å². The van der Waals surface area contributed by atoms with Gasteiger partial charge in [0, 0.05) is 17.2 Å². The Morgan fingerprint density at radius 3 is 1.83 bits per heavy atom. The Labute approximate surface area is 202 Å². The summed E-state index contributed by atoms with van der Waals surface area (Å²) in [6, 6.07) is 6.47. The van der Waals surface area contributed by atoms with Crippen molar-refractivity contribution in [3.8, 4) is 11.1 Å². The Hall–Kier alpha value is -2.50. The van der Waals surface area contributed by atoms with Gasteiger partial charge >= 0.3 is 6.18 Å². The molecule has 2 aliphatic carbocycles. The highest BCUT2D eigenvalue weighted by Gasteiger charge is 2.31. The largest absolute Gasteiger partial charge is 0.409 e. The molecule has 35 heavy (non-hydrogen) atoms. The Balaban J connectivity index is 1.43. The molecule has 2 aromatic rings. The van der Waals surface area contributed by atoms with Crippen LogP contribution in [0.1, 0.15) is 68.4 Å². The third-order valence-electron chi connectivity index (χ3n) is 7.88. The van der Waals surface area contributed by atoms with Crippen LogP contribution in [0.25, 0.3) is 17.2 Å². The van der Waals surface area contributed by atoms with Crippen molar-refractivity contribution in [2.75, 3.05) is 0 Å². The molecule has 0 N–H and O–H groups in total. The Morgan fingerprint density at radius 2 is 1.31 bits per heavy atom. The average Bonchev–Trinajstić information content (AvgIpc) is 2.83. The van der Waals surface area contributed by atoms with E-state index < -0.39 is 29.2 Å². The second-order valence-electron chi connectivity index (χ2n) is 9.99. The fourth-order valence-electron chi connectivity index (χ4n) is 5.87. The van der Waals surface area contributed by atoms with Gasteiger partial charge in [0.15, 0.2) is 0 Å². The Morgan fingerprint density at radius 1 is 0.743 bits per heavy atom. The molecule has 0 bridgehead atoms. The first-order chi connectivity index (χ1) is 16.6. The monoisotopic (exact) mass is 492 g/mol. The predicted octanol–water partition coefficient (Wildman–Crippen LogP) is 9.61. The molecule has 6 heteroatoms. The number of hydrogen-bond donors (Lipinski definition) is 0. The highest BCUT2D eigenvalue weighted by Crippen LogP contribution is 2.44. The van der Waals surface area contributed by atoms with Crippen LogP contribution in [-0.2, 0) is 0 Å². The van der Waals surface area contributed by atoms with E-state index >= 15 is 0 Å². The highest BCUT2D eigenvalue weighted by atomic mass is 19.4. The number of hydrogen-bond acceptors (Lipinski definition) is 0. The van der Waals surface area contributed by atoms with Crippen LogP contribution in [0.2, 0.25) is 0 Å². The van der Waals surface area contributed by atoms with E-state index in [4.69, 9.17) is 0 Å². The minimum Gasteiger partial charge on any atom is -0.206 e. The van der Waals surface area contributed by atoms with E-state index in [1.807, 2.05) is 0 Å². The van der Waals surface area contributed by atoms with Crippen LogP contribution >= 0.6 is 0 Å². The summed E-state index contributed by atoms with van der Waals surface area (Å²) in [5.41, 5.74) is 0.0428. The smallest absolute Gasteiger partial charge is 0.206 e. The second kappa shape index (κ2) is 10.6. The first-order valence-electron chi connectivity index (χ1n) is 12.3. The van der Waals surface area contributed by atoms with Crippen LogP contribution in [0.5, 0.6) is 0 Å². The predicted molar refractivity (Wildman–Crippen MR) is 127 cm³/mol. The maximum atomic E-state index is 15.0. The van der Waals surface area contributed by atoms with Gasteiger partial charge < -0.3 is 0 Å². The van der Waals surface area contributed by atoms with Crippen molar-refractivity contribution >= 4 is 6.08 Å². The lowest BCUT2D eigenvalue weighted by molar-refractivity contribution is -0.0790. The van der Waals surface area contributed by atoms with Crippen molar-refractivity contribution in [1.82, 2.24) is 0 Å². The quantitative estimate of drug-likeness (QED) is 0.288. The number of rotatable bonds is 5. The van der Waals surface area contributed by atoms with Crippen LogP contribution in [-0.4, -0.2) is 6.18 Å². The molecule has 0 heterocycles. The van der Waals surface area contributed by atoms with E-state index in [1.165, 1.54) is 37.8 Å².